The first-order valence-corrected chi connectivity index (χ1v) is 8.88. The van der Waals surface area contributed by atoms with Crippen molar-refractivity contribution >= 4 is 5.78 Å². The normalized spacial score (nSPS) is 29.4. The number of nitrogens with zero attached hydrogens (tertiary/aromatic N) is 1. The Morgan fingerprint density at radius 2 is 1.85 bits per heavy atom. The molecule has 0 aromatic heterocycles. The van der Waals surface area contributed by atoms with Crippen molar-refractivity contribution < 1.29 is 4.79 Å². The largest absolute Gasteiger partial charge is 0.300 e. The van der Waals surface area contributed by atoms with Crippen LogP contribution in [-0.4, -0.2) is 29.8 Å². The van der Waals surface area contributed by atoms with Crippen molar-refractivity contribution in [3.05, 3.63) is 0 Å². The topological polar surface area (TPSA) is 20.3 Å². The van der Waals surface area contributed by atoms with Crippen molar-refractivity contribution in [3.8, 4) is 0 Å². The fourth-order valence-corrected chi connectivity index (χ4v) is 4.19. The summed E-state index contributed by atoms with van der Waals surface area (Å²) >= 11 is 0. The summed E-state index contributed by atoms with van der Waals surface area (Å²) in [6, 6.07) is 0.751. The van der Waals surface area contributed by atoms with E-state index in [1.807, 2.05) is 0 Å². The predicted molar refractivity (Wildman–Crippen MR) is 84.8 cm³/mol. The van der Waals surface area contributed by atoms with E-state index in [9.17, 15) is 4.79 Å². The van der Waals surface area contributed by atoms with Gasteiger partial charge in [-0.3, -0.25) is 9.69 Å². The highest BCUT2D eigenvalue weighted by Gasteiger charge is 2.32. The average Bonchev–Trinajstić information content (AvgIpc) is 2.47. The molecule has 0 N–H and O–H groups in total. The molecule has 2 fully saturated rings. The van der Waals surface area contributed by atoms with Crippen LogP contribution in [0.1, 0.15) is 72.1 Å². The van der Waals surface area contributed by atoms with Crippen LogP contribution in [0.15, 0.2) is 0 Å². The van der Waals surface area contributed by atoms with E-state index in [2.05, 4.69) is 25.7 Å². The summed E-state index contributed by atoms with van der Waals surface area (Å²) in [5.74, 6) is 2.35. The second kappa shape index (κ2) is 7.59. The molecule has 0 radical (unpaired) electrons. The van der Waals surface area contributed by atoms with Crippen molar-refractivity contribution in [2.24, 2.45) is 17.8 Å². The lowest BCUT2D eigenvalue weighted by molar-refractivity contribution is -0.127. The number of hydrogen-bond acceptors (Lipinski definition) is 2. The first-order valence-electron chi connectivity index (χ1n) is 8.88. The molecule has 116 valence electrons. The Morgan fingerprint density at radius 3 is 2.45 bits per heavy atom. The minimum atomic E-state index is 0.318. The van der Waals surface area contributed by atoms with Gasteiger partial charge < -0.3 is 0 Å². The van der Waals surface area contributed by atoms with E-state index in [4.69, 9.17) is 0 Å². The summed E-state index contributed by atoms with van der Waals surface area (Å²) < 4.78 is 0. The molecule has 0 bridgehead atoms. The van der Waals surface area contributed by atoms with Crippen LogP contribution in [0, 0.1) is 17.8 Å². The predicted octanol–water partition coefficient (Wildman–Crippen LogP) is 4.28. The quantitative estimate of drug-likeness (QED) is 0.748. The SMILES string of the molecule is CCN(CC1CC(C(C)C)CCC1=O)C1CCCCC1. The zero-order valence-electron chi connectivity index (χ0n) is 13.7. The molecule has 2 heteroatoms. The van der Waals surface area contributed by atoms with Gasteiger partial charge in [0.15, 0.2) is 0 Å². The lowest BCUT2D eigenvalue weighted by Gasteiger charge is -2.38. The van der Waals surface area contributed by atoms with E-state index < -0.39 is 0 Å². The van der Waals surface area contributed by atoms with Gasteiger partial charge in [-0.2, -0.15) is 0 Å². The third-order valence-electron chi connectivity index (χ3n) is 5.70. The summed E-state index contributed by atoms with van der Waals surface area (Å²) in [6.45, 7) is 9.04. The number of carbonyl (C=O) groups excluding carboxylic acids is 1. The van der Waals surface area contributed by atoms with E-state index >= 15 is 0 Å². The van der Waals surface area contributed by atoms with Gasteiger partial charge in [-0.05, 0) is 44.1 Å². The lowest BCUT2D eigenvalue weighted by atomic mass is 9.75. The fourth-order valence-electron chi connectivity index (χ4n) is 4.19. The van der Waals surface area contributed by atoms with Gasteiger partial charge in [-0.25, -0.2) is 0 Å². The van der Waals surface area contributed by atoms with Gasteiger partial charge in [0.25, 0.3) is 0 Å². The van der Waals surface area contributed by atoms with E-state index in [1.54, 1.807) is 0 Å². The maximum atomic E-state index is 12.3. The van der Waals surface area contributed by atoms with E-state index in [0.717, 1.165) is 50.2 Å². The molecule has 0 aliphatic heterocycles. The minimum absolute atomic E-state index is 0.318. The minimum Gasteiger partial charge on any atom is -0.300 e. The van der Waals surface area contributed by atoms with Gasteiger partial charge in [0.2, 0.25) is 0 Å². The average molecular weight is 279 g/mol. The summed E-state index contributed by atoms with van der Waals surface area (Å²) in [4.78, 5) is 14.9. The molecule has 0 saturated heterocycles. The maximum absolute atomic E-state index is 12.3. The Morgan fingerprint density at radius 1 is 1.15 bits per heavy atom. The molecule has 2 saturated carbocycles. The molecule has 0 amide bonds. The van der Waals surface area contributed by atoms with Gasteiger partial charge in [-0.1, -0.05) is 40.0 Å². The molecule has 2 unspecified atom stereocenters. The summed E-state index contributed by atoms with van der Waals surface area (Å²) in [5, 5.41) is 0. The first kappa shape index (κ1) is 16.0. The van der Waals surface area contributed by atoms with Crippen LogP contribution in [-0.2, 0) is 4.79 Å². The van der Waals surface area contributed by atoms with Crippen LogP contribution in [0.3, 0.4) is 0 Å². The van der Waals surface area contributed by atoms with Crippen LogP contribution in [0.5, 0.6) is 0 Å². The molecule has 0 spiro atoms. The number of rotatable bonds is 5. The van der Waals surface area contributed by atoms with Gasteiger partial charge in [0.05, 0.1) is 0 Å². The van der Waals surface area contributed by atoms with Crippen LogP contribution < -0.4 is 0 Å². The molecule has 0 aromatic rings. The van der Waals surface area contributed by atoms with E-state index in [-0.39, 0.29) is 0 Å². The van der Waals surface area contributed by atoms with E-state index in [0.29, 0.717) is 11.7 Å². The number of carbonyl (C=O) groups is 1. The summed E-state index contributed by atoms with van der Waals surface area (Å²) in [7, 11) is 0. The number of hydrogen-bond donors (Lipinski definition) is 0. The molecule has 20 heavy (non-hydrogen) atoms. The van der Waals surface area contributed by atoms with Gasteiger partial charge >= 0.3 is 0 Å². The Kier molecular flexibility index (Phi) is 6.07. The molecular weight excluding hydrogens is 246 g/mol. The van der Waals surface area contributed by atoms with Crippen molar-refractivity contribution in [2.45, 2.75) is 78.2 Å². The van der Waals surface area contributed by atoms with Crippen LogP contribution in [0.25, 0.3) is 0 Å². The molecule has 0 heterocycles. The molecule has 2 rings (SSSR count). The Bertz CT molecular complexity index is 307. The first-order chi connectivity index (χ1) is 9.61. The second-order valence-electron chi connectivity index (χ2n) is 7.32. The third kappa shape index (κ3) is 4.07. The Balaban J connectivity index is 1.92. The molecule has 2 nitrogen and oxygen atoms in total. The maximum Gasteiger partial charge on any atom is 0.137 e. The zero-order chi connectivity index (χ0) is 14.5. The Hall–Kier alpha value is -0.370. The smallest absolute Gasteiger partial charge is 0.137 e. The zero-order valence-corrected chi connectivity index (χ0v) is 13.7. The molecule has 0 aromatic carbocycles. The van der Waals surface area contributed by atoms with Gasteiger partial charge in [-0.15, -0.1) is 0 Å². The molecule has 2 aliphatic carbocycles. The fraction of sp³-hybridized carbons (Fsp3) is 0.944. The van der Waals surface area contributed by atoms with Crippen LogP contribution in [0.2, 0.25) is 0 Å². The van der Waals surface area contributed by atoms with Crippen LogP contribution in [0.4, 0.5) is 0 Å². The number of ketones is 1. The lowest BCUT2D eigenvalue weighted by Crippen LogP contribution is -2.43. The standard InChI is InChI=1S/C18H33NO/c1-4-19(17-8-6-5-7-9-17)13-16-12-15(14(2)3)10-11-18(16)20/h14-17H,4-13H2,1-3H3. The number of Topliss-reactive ketones (excluding diaryl/α,β-unsaturated/α-hetero) is 1. The van der Waals surface area contributed by atoms with E-state index in [1.165, 1.54) is 32.1 Å². The van der Waals surface area contributed by atoms with Crippen molar-refractivity contribution in [1.82, 2.24) is 4.90 Å². The third-order valence-corrected chi connectivity index (χ3v) is 5.70. The highest BCUT2D eigenvalue weighted by molar-refractivity contribution is 5.82. The van der Waals surface area contributed by atoms with Crippen molar-refractivity contribution in [1.29, 1.82) is 0 Å². The molecular formula is C18H33NO. The van der Waals surface area contributed by atoms with Crippen molar-refractivity contribution in [2.75, 3.05) is 13.1 Å². The van der Waals surface area contributed by atoms with Crippen molar-refractivity contribution in [3.63, 3.8) is 0 Å². The Labute approximate surface area is 125 Å². The monoisotopic (exact) mass is 279 g/mol. The summed E-state index contributed by atoms with van der Waals surface area (Å²) in [5.41, 5.74) is 0. The highest BCUT2D eigenvalue weighted by Crippen LogP contribution is 2.33. The molecule has 2 atom stereocenters. The van der Waals surface area contributed by atoms with Crippen LogP contribution >= 0.6 is 0 Å². The highest BCUT2D eigenvalue weighted by atomic mass is 16.1. The second-order valence-corrected chi connectivity index (χ2v) is 7.32. The molecule has 2 aliphatic rings. The van der Waals surface area contributed by atoms with Gasteiger partial charge in [0.1, 0.15) is 5.78 Å². The summed E-state index contributed by atoms with van der Waals surface area (Å²) in [6.07, 6.45) is 9.97. The van der Waals surface area contributed by atoms with Gasteiger partial charge in [0, 0.05) is 24.9 Å².